The van der Waals surface area contributed by atoms with Crippen molar-refractivity contribution >= 4 is 19.9 Å². The van der Waals surface area contributed by atoms with E-state index >= 15 is 0 Å². The molecule has 0 heterocycles. The molecule has 1 atom stereocenters. The summed E-state index contributed by atoms with van der Waals surface area (Å²) < 4.78 is 5.61. The third kappa shape index (κ3) is 6.36. The Hall–Kier alpha value is -0.0431. The van der Waals surface area contributed by atoms with Gasteiger partial charge in [-0.2, -0.15) is 5.26 Å². The molecule has 0 aromatic carbocycles. The van der Waals surface area contributed by atoms with Gasteiger partial charge >= 0.3 is 0 Å². The molecule has 0 fully saturated rings. The Morgan fingerprint density at radius 3 is 2.36 bits per heavy atom. The van der Waals surface area contributed by atoms with Gasteiger partial charge in [-0.05, 0) is 19.6 Å². The molecular weight excluding hydrogens is 178 g/mol. The second-order valence-electron chi connectivity index (χ2n) is 3.37. The molecule has 2 nitrogen and oxygen atoms in total. The summed E-state index contributed by atoms with van der Waals surface area (Å²) in [5.41, 5.74) is 0. The number of hydrogen-bond donors (Lipinski definition) is 0. The van der Waals surface area contributed by atoms with Crippen molar-refractivity contribution in [2.45, 2.75) is 32.2 Å². The highest BCUT2D eigenvalue weighted by Crippen LogP contribution is 2.10. The van der Waals surface area contributed by atoms with E-state index in [4.69, 9.17) is 21.3 Å². The van der Waals surface area contributed by atoms with Crippen molar-refractivity contribution in [1.29, 1.82) is 5.26 Å². The van der Waals surface area contributed by atoms with Gasteiger partial charge in [-0.25, -0.2) is 0 Å². The van der Waals surface area contributed by atoms with Gasteiger partial charge in [-0.3, -0.25) is 0 Å². The van der Waals surface area contributed by atoms with Gasteiger partial charge in [0.15, 0.2) is 8.32 Å². The van der Waals surface area contributed by atoms with Gasteiger partial charge in [0.25, 0.3) is 0 Å². The van der Waals surface area contributed by atoms with Crippen molar-refractivity contribution in [2.75, 3.05) is 5.88 Å². The fraction of sp³-hybridized carbons (Fsp3) is 0.857. The quantitative estimate of drug-likeness (QED) is 0.505. The number of hydrogen-bond acceptors (Lipinski definition) is 2. The SMILES string of the molecule is C[Si](C)(C)O[C@H](CCl)CC#N. The summed E-state index contributed by atoms with van der Waals surface area (Å²) in [5, 5.41) is 8.39. The van der Waals surface area contributed by atoms with Crippen LogP contribution in [0.15, 0.2) is 0 Å². The first-order chi connectivity index (χ1) is 4.99. The summed E-state index contributed by atoms with van der Waals surface area (Å²) >= 11 is 5.60. The minimum absolute atomic E-state index is 0.0756. The van der Waals surface area contributed by atoms with E-state index in [1.165, 1.54) is 0 Å². The van der Waals surface area contributed by atoms with Crippen LogP contribution in [0, 0.1) is 11.3 Å². The van der Waals surface area contributed by atoms with Crippen LogP contribution < -0.4 is 0 Å². The smallest absolute Gasteiger partial charge is 0.184 e. The molecule has 0 aromatic heterocycles. The first-order valence-corrected chi connectivity index (χ1v) is 7.54. The zero-order chi connectivity index (χ0) is 8.91. The van der Waals surface area contributed by atoms with Gasteiger partial charge < -0.3 is 4.43 Å². The van der Waals surface area contributed by atoms with Crippen LogP contribution in [-0.2, 0) is 4.43 Å². The van der Waals surface area contributed by atoms with Gasteiger partial charge in [-0.15, -0.1) is 11.6 Å². The number of halogens is 1. The second kappa shape index (κ2) is 4.76. The Morgan fingerprint density at radius 1 is 1.55 bits per heavy atom. The minimum Gasteiger partial charge on any atom is -0.412 e. The van der Waals surface area contributed by atoms with E-state index in [2.05, 4.69) is 25.7 Å². The third-order valence-electron chi connectivity index (χ3n) is 1.01. The highest BCUT2D eigenvalue weighted by atomic mass is 35.5. The molecule has 4 heteroatoms. The molecule has 64 valence electrons. The van der Waals surface area contributed by atoms with Crippen LogP contribution in [0.4, 0.5) is 0 Å². The van der Waals surface area contributed by atoms with Crippen LogP contribution >= 0.6 is 11.6 Å². The molecule has 0 spiro atoms. The van der Waals surface area contributed by atoms with Gasteiger partial charge in [0.2, 0.25) is 0 Å². The standard InChI is InChI=1S/C7H14ClNOSi/c1-11(2,3)10-7(6-8)4-5-9/h7H,4,6H2,1-3H3/t7-/m0/s1. The highest BCUT2D eigenvalue weighted by Gasteiger charge is 2.19. The van der Waals surface area contributed by atoms with Crippen molar-refractivity contribution in [1.82, 2.24) is 0 Å². The molecule has 0 rings (SSSR count). The first-order valence-electron chi connectivity index (χ1n) is 3.60. The molecule has 0 bridgehead atoms. The fourth-order valence-corrected chi connectivity index (χ4v) is 2.17. The van der Waals surface area contributed by atoms with Crippen LogP contribution in [0.25, 0.3) is 0 Å². The Balaban J connectivity index is 3.80. The third-order valence-corrected chi connectivity index (χ3v) is 2.40. The predicted molar refractivity (Wildman–Crippen MR) is 49.2 cm³/mol. The fourth-order valence-electron chi connectivity index (χ4n) is 0.730. The minimum atomic E-state index is -1.51. The first kappa shape index (κ1) is 11.0. The topological polar surface area (TPSA) is 33.0 Å². The van der Waals surface area contributed by atoms with Crippen LogP contribution in [0.5, 0.6) is 0 Å². The average Bonchev–Trinajstić information content (AvgIpc) is 1.84. The molecule has 0 N–H and O–H groups in total. The Bertz CT molecular complexity index is 150. The lowest BCUT2D eigenvalue weighted by Gasteiger charge is -2.22. The van der Waals surface area contributed by atoms with E-state index in [0.29, 0.717) is 12.3 Å². The number of alkyl halides is 1. The largest absolute Gasteiger partial charge is 0.412 e. The zero-order valence-electron chi connectivity index (χ0n) is 7.22. The molecule has 11 heavy (non-hydrogen) atoms. The van der Waals surface area contributed by atoms with E-state index < -0.39 is 8.32 Å². The van der Waals surface area contributed by atoms with E-state index in [-0.39, 0.29) is 6.10 Å². The molecule has 0 aliphatic heterocycles. The molecule has 0 aliphatic carbocycles. The Kier molecular flexibility index (Phi) is 4.74. The predicted octanol–water partition coefficient (Wildman–Crippen LogP) is 2.36. The van der Waals surface area contributed by atoms with E-state index in [1.807, 2.05) is 0 Å². The lowest BCUT2D eigenvalue weighted by molar-refractivity contribution is 0.223. The molecule has 0 amide bonds. The van der Waals surface area contributed by atoms with Crippen molar-refractivity contribution in [3.63, 3.8) is 0 Å². The number of nitrogens with zero attached hydrogens (tertiary/aromatic N) is 1. The maximum atomic E-state index is 8.39. The molecule has 0 saturated heterocycles. The van der Waals surface area contributed by atoms with Crippen molar-refractivity contribution in [3.05, 3.63) is 0 Å². The highest BCUT2D eigenvalue weighted by molar-refractivity contribution is 6.69. The summed E-state index contributed by atoms with van der Waals surface area (Å²) in [5.74, 6) is 0.415. The normalized spacial score (nSPS) is 14.1. The van der Waals surface area contributed by atoms with Crippen LogP contribution in [0.1, 0.15) is 6.42 Å². The van der Waals surface area contributed by atoms with Gasteiger partial charge in [0.1, 0.15) is 0 Å². The maximum absolute atomic E-state index is 8.39. The molecule has 0 unspecified atom stereocenters. The van der Waals surface area contributed by atoms with Crippen LogP contribution in [0.3, 0.4) is 0 Å². The molecular formula is C7H14ClNOSi. The van der Waals surface area contributed by atoms with E-state index in [1.54, 1.807) is 0 Å². The second-order valence-corrected chi connectivity index (χ2v) is 8.14. The van der Waals surface area contributed by atoms with E-state index in [9.17, 15) is 0 Å². The molecule has 0 radical (unpaired) electrons. The lowest BCUT2D eigenvalue weighted by atomic mass is 10.3. The summed E-state index contributed by atoms with van der Waals surface area (Å²) in [6.07, 6.45) is 0.321. The van der Waals surface area contributed by atoms with E-state index in [0.717, 1.165) is 0 Å². The zero-order valence-corrected chi connectivity index (χ0v) is 8.98. The van der Waals surface area contributed by atoms with Gasteiger partial charge in [-0.1, -0.05) is 0 Å². The summed E-state index contributed by atoms with van der Waals surface area (Å²) in [4.78, 5) is 0. The summed E-state index contributed by atoms with van der Waals surface area (Å²) in [6.45, 7) is 6.26. The summed E-state index contributed by atoms with van der Waals surface area (Å²) in [6, 6.07) is 2.05. The Morgan fingerprint density at radius 2 is 2.09 bits per heavy atom. The van der Waals surface area contributed by atoms with Crippen LogP contribution in [0.2, 0.25) is 19.6 Å². The lowest BCUT2D eigenvalue weighted by Crippen LogP contribution is -2.32. The van der Waals surface area contributed by atoms with Crippen molar-refractivity contribution < 1.29 is 4.43 Å². The van der Waals surface area contributed by atoms with Gasteiger partial charge in [0.05, 0.1) is 18.6 Å². The van der Waals surface area contributed by atoms with Crippen molar-refractivity contribution in [3.8, 4) is 6.07 Å². The number of rotatable bonds is 4. The number of nitriles is 1. The van der Waals surface area contributed by atoms with Crippen molar-refractivity contribution in [2.24, 2.45) is 0 Å². The molecule has 0 aliphatic rings. The average molecular weight is 192 g/mol. The molecule has 0 saturated carbocycles. The Labute approximate surface area is 74.2 Å². The maximum Gasteiger partial charge on any atom is 0.184 e. The molecule has 0 aromatic rings. The van der Waals surface area contributed by atoms with Gasteiger partial charge in [0, 0.05) is 5.88 Å². The van der Waals surface area contributed by atoms with Crippen LogP contribution in [-0.4, -0.2) is 20.3 Å². The monoisotopic (exact) mass is 191 g/mol. The summed E-state index contributed by atoms with van der Waals surface area (Å²) in [7, 11) is -1.51.